The molecule has 0 aromatic heterocycles. The second-order valence-corrected chi connectivity index (χ2v) is 10.7. The Morgan fingerprint density at radius 1 is 0.477 bits per heavy atom. The molecule has 1 N–H and O–H groups in total. The maximum Gasteiger partial charge on any atom is 0.0936 e. The highest BCUT2D eigenvalue weighted by atomic mass is 15.1. The van der Waals surface area contributed by atoms with Crippen LogP contribution in [0.4, 0.5) is 39.8 Å². The standard InChI is InChI=1S/C37H33N7/c1-4-26(3)38-34-21-22-36(31-10-6-5-9-30(31)34)43-44-37-24-23-35(32-11-7-8-12-33(32)37)42-41-29-19-17-28(18-20-29)40-39-27-15-13-25(2)14-16-27/h5-24,26,38H,4H2,1-3H3. The molecule has 0 radical (unpaired) electrons. The molecule has 7 nitrogen and oxygen atoms in total. The van der Waals surface area contributed by atoms with E-state index in [1.165, 1.54) is 5.56 Å². The minimum Gasteiger partial charge on any atom is -0.382 e. The largest absolute Gasteiger partial charge is 0.382 e. The van der Waals surface area contributed by atoms with Crippen LogP contribution in [0.2, 0.25) is 0 Å². The second-order valence-electron chi connectivity index (χ2n) is 10.7. The molecule has 0 spiro atoms. The van der Waals surface area contributed by atoms with Crippen LogP contribution in [0.1, 0.15) is 25.8 Å². The monoisotopic (exact) mass is 575 g/mol. The van der Waals surface area contributed by atoms with E-state index in [1.54, 1.807) is 0 Å². The van der Waals surface area contributed by atoms with Gasteiger partial charge >= 0.3 is 0 Å². The van der Waals surface area contributed by atoms with E-state index in [0.29, 0.717) is 6.04 Å². The molecule has 0 fully saturated rings. The van der Waals surface area contributed by atoms with E-state index < -0.39 is 0 Å². The normalized spacial score (nSPS) is 12.6. The third kappa shape index (κ3) is 6.57. The Balaban J connectivity index is 1.23. The summed E-state index contributed by atoms with van der Waals surface area (Å²) in [6.07, 6.45) is 1.05. The molecule has 44 heavy (non-hydrogen) atoms. The van der Waals surface area contributed by atoms with Crippen LogP contribution in [0.15, 0.2) is 152 Å². The SMILES string of the molecule is CCC(C)Nc1ccc(N=Nc2ccc(N=Nc3ccc(N=Nc4ccc(C)cc4)cc3)c3ccccc23)c2ccccc12. The van der Waals surface area contributed by atoms with Gasteiger partial charge < -0.3 is 5.32 Å². The van der Waals surface area contributed by atoms with Crippen LogP contribution in [0.5, 0.6) is 0 Å². The third-order valence-corrected chi connectivity index (χ3v) is 7.50. The first-order valence-corrected chi connectivity index (χ1v) is 14.8. The summed E-state index contributed by atoms with van der Waals surface area (Å²) in [6, 6.07) is 40.2. The summed E-state index contributed by atoms with van der Waals surface area (Å²) in [7, 11) is 0. The van der Waals surface area contributed by atoms with E-state index in [-0.39, 0.29) is 0 Å². The molecule has 0 heterocycles. The van der Waals surface area contributed by atoms with Gasteiger partial charge in [-0.25, -0.2) is 0 Å². The zero-order chi connectivity index (χ0) is 30.3. The molecule has 1 atom stereocenters. The molecular weight excluding hydrogens is 542 g/mol. The Kier molecular flexibility index (Phi) is 8.55. The van der Waals surface area contributed by atoms with Crippen molar-refractivity contribution in [3.8, 4) is 0 Å². The van der Waals surface area contributed by atoms with Crippen LogP contribution < -0.4 is 5.32 Å². The van der Waals surface area contributed by atoms with Crippen molar-refractivity contribution in [3.63, 3.8) is 0 Å². The Labute approximate surface area is 257 Å². The highest BCUT2D eigenvalue weighted by molar-refractivity contribution is 6.01. The number of rotatable bonds is 9. The number of nitrogens with zero attached hydrogens (tertiary/aromatic N) is 6. The molecule has 216 valence electrons. The fraction of sp³-hybridized carbons (Fsp3) is 0.135. The number of anilines is 1. The molecule has 0 aliphatic carbocycles. The molecule has 6 aromatic carbocycles. The van der Waals surface area contributed by atoms with Gasteiger partial charge in [-0.15, -0.1) is 15.3 Å². The van der Waals surface area contributed by atoms with Gasteiger partial charge in [-0.1, -0.05) is 73.2 Å². The Morgan fingerprint density at radius 3 is 1.36 bits per heavy atom. The van der Waals surface area contributed by atoms with Gasteiger partial charge in [-0.05, 0) is 80.9 Å². The zero-order valence-electron chi connectivity index (χ0n) is 25.0. The zero-order valence-corrected chi connectivity index (χ0v) is 25.0. The molecule has 0 aliphatic rings. The van der Waals surface area contributed by atoms with Gasteiger partial charge in [0.2, 0.25) is 0 Å². The van der Waals surface area contributed by atoms with Gasteiger partial charge in [-0.2, -0.15) is 15.3 Å². The van der Waals surface area contributed by atoms with Gasteiger partial charge in [0.1, 0.15) is 0 Å². The summed E-state index contributed by atoms with van der Waals surface area (Å²) < 4.78 is 0. The lowest BCUT2D eigenvalue weighted by atomic mass is 10.1. The summed E-state index contributed by atoms with van der Waals surface area (Å²) in [5.74, 6) is 0. The van der Waals surface area contributed by atoms with Crippen LogP contribution in [-0.4, -0.2) is 6.04 Å². The molecule has 0 bridgehead atoms. The summed E-state index contributed by atoms with van der Waals surface area (Å²) in [5.41, 5.74) is 6.94. The van der Waals surface area contributed by atoms with Crippen molar-refractivity contribution in [3.05, 3.63) is 127 Å². The predicted octanol–water partition coefficient (Wildman–Crippen LogP) is 12.8. The van der Waals surface area contributed by atoms with Gasteiger partial charge in [0.25, 0.3) is 0 Å². The van der Waals surface area contributed by atoms with E-state index >= 15 is 0 Å². The molecule has 7 heteroatoms. The second kappa shape index (κ2) is 13.2. The van der Waals surface area contributed by atoms with Crippen molar-refractivity contribution in [2.24, 2.45) is 30.7 Å². The van der Waals surface area contributed by atoms with Gasteiger partial charge in [-0.3, -0.25) is 0 Å². The quantitative estimate of drug-likeness (QED) is 0.171. The van der Waals surface area contributed by atoms with Crippen molar-refractivity contribution in [2.45, 2.75) is 33.2 Å². The minimum absolute atomic E-state index is 0.383. The van der Waals surface area contributed by atoms with Crippen LogP contribution >= 0.6 is 0 Å². The maximum absolute atomic E-state index is 4.69. The molecule has 1 unspecified atom stereocenters. The lowest BCUT2D eigenvalue weighted by Gasteiger charge is -2.15. The molecule has 6 rings (SSSR count). The first kappa shape index (κ1) is 28.6. The fourth-order valence-electron chi connectivity index (χ4n) is 4.84. The first-order chi connectivity index (χ1) is 21.6. The summed E-state index contributed by atoms with van der Waals surface area (Å²) >= 11 is 0. The third-order valence-electron chi connectivity index (χ3n) is 7.50. The van der Waals surface area contributed by atoms with Crippen molar-refractivity contribution in [1.82, 2.24) is 0 Å². The summed E-state index contributed by atoms with van der Waals surface area (Å²) in [6.45, 7) is 6.41. The Bertz CT molecular complexity index is 1990. The maximum atomic E-state index is 4.69. The van der Waals surface area contributed by atoms with Crippen molar-refractivity contribution >= 4 is 61.4 Å². The van der Waals surface area contributed by atoms with E-state index in [1.807, 2.05) is 104 Å². The number of benzene rings is 6. The molecular formula is C37H33N7. The lowest BCUT2D eigenvalue weighted by molar-refractivity contribution is 0.765. The van der Waals surface area contributed by atoms with E-state index in [4.69, 9.17) is 5.11 Å². The minimum atomic E-state index is 0.383. The highest BCUT2D eigenvalue weighted by Crippen LogP contribution is 2.37. The average Bonchev–Trinajstić information content (AvgIpc) is 3.07. The van der Waals surface area contributed by atoms with E-state index in [2.05, 4.69) is 69.0 Å². The summed E-state index contributed by atoms with van der Waals surface area (Å²) in [5, 5.41) is 34.8. The number of hydrogen-bond acceptors (Lipinski definition) is 7. The van der Waals surface area contributed by atoms with Crippen molar-refractivity contribution in [1.29, 1.82) is 0 Å². The van der Waals surface area contributed by atoms with Gasteiger partial charge in [0, 0.05) is 33.3 Å². The molecule has 0 amide bonds. The number of nitrogens with one attached hydrogen (secondary N) is 1. The molecule has 0 saturated heterocycles. The van der Waals surface area contributed by atoms with E-state index in [0.717, 1.165) is 67.8 Å². The predicted molar refractivity (Wildman–Crippen MR) is 181 cm³/mol. The lowest BCUT2D eigenvalue weighted by Crippen LogP contribution is -2.13. The van der Waals surface area contributed by atoms with Crippen molar-refractivity contribution in [2.75, 3.05) is 5.32 Å². The smallest absolute Gasteiger partial charge is 0.0936 e. The average molecular weight is 576 g/mol. The number of fused-ring (bicyclic) bond motifs is 2. The number of aryl methyl sites for hydroxylation is 1. The van der Waals surface area contributed by atoms with Gasteiger partial charge in [0.05, 0.1) is 34.1 Å². The number of hydrogen-bond donors (Lipinski definition) is 1. The number of azo groups is 3. The topological polar surface area (TPSA) is 86.2 Å². The van der Waals surface area contributed by atoms with E-state index in [9.17, 15) is 0 Å². The molecule has 6 aromatic rings. The Morgan fingerprint density at radius 2 is 0.864 bits per heavy atom. The van der Waals surface area contributed by atoms with Crippen LogP contribution in [0, 0.1) is 6.92 Å². The first-order valence-electron chi connectivity index (χ1n) is 14.8. The fourth-order valence-corrected chi connectivity index (χ4v) is 4.84. The highest BCUT2D eigenvalue weighted by Gasteiger charge is 2.09. The van der Waals surface area contributed by atoms with Crippen LogP contribution in [0.25, 0.3) is 21.5 Å². The Hall–Kier alpha value is -5.56. The van der Waals surface area contributed by atoms with Crippen molar-refractivity contribution < 1.29 is 0 Å². The molecule has 0 saturated carbocycles. The molecule has 0 aliphatic heterocycles. The van der Waals surface area contributed by atoms with Crippen LogP contribution in [-0.2, 0) is 0 Å². The summed E-state index contributed by atoms with van der Waals surface area (Å²) in [4.78, 5) is 0. The van der Waals surface area contributed by atoms with Crippen LogP contribution in [0.3, 0.4) is 0 Å². The van der Waals surface area contributed by atoms with Gasteiger partial charge in [0.15, 0.2) is 0 Å².